The molecule has 1 fully saturated rings. The summed E-state index contributed by atoms with van der Waals surface area (Å²) in [6, 6.07) is 13.5. The van der Waals surface area contributed by atoms with Crippen molar-refractivity contribution in [3.8, 4) is 5.75 Å². The van der Waals surface area contributed by atoms with Crippen LogP contribution in [0.15, 0.2) is 46.9 Å². The highest BCUT2D eigenvalue weighted by Crippen LogP contribution is 2.45. The van der Waals surface area contributed by atoms with Crippen molar-refractivity contribution in [2.75, 3.05) is 12.4 Å². The molecule has 0 aromatic heterocycles. The largest absolute Gasteiger partial charge is 0.497 e. The Bertz CT molecular complexity index is 724. The van der Waals surface area contributed by atoms with Gasteiger partial charge < -0.3 is 15.4 Å². The summed E-state index contributed by atoms with van der Waals surface area (Å²) in [7, 11) is 1.65. The van der Waals surface area contributed by atoms with Crippen molar-refractivity contribution in [1.82, 2.24) is 5.32 Å². The molecule has 0 spiro atoms. The minimum atomic E-state index is -0.250. The van der Waals surface area contributed by atoms with Gasteiger partial charge in [-0.25, -0.2) is 4.79 Å². The lowest BCUT2D eigenvalue weighted by Gasteiger charge is -2.19. The van der Waals surface area contributed by atoms with E-state index >= 15 is 0 Å². The van der Waals surface area contributed by atoms with Gasteiger partial charge in [-0.2, -0.15) is 0 Å². The Labute approximate surface area is 144 Å². The standard InChI is InChI=1S/C18H19BrN2O2/c1-12-11-14(19)5-8-16(12)20-17(22)21-18(9-10-18)13-3-6-15(23-2)7-4-13/h3-8,11H,9-10H2,1-2H3,(H2,20,21,22). The first kappa shape index (κ1) is 15.9. The summed E-state index contributed by atoms with van der Waals surface area (Å²) in [5, 5.41) is 6.04. The number of urea groups is 1. The molecule has 0 atom stereocenters. The molecule has 0 aliphatic heterocycles. The highest BCUT2D eigenvalue weighted by Gasteiger charge is 2.45. The van der Waals surface area contributed by atoms with Gasteiger partial charge >= 0.3 is 6.03 Å². The highest BCUT2D eigenvalue weighted by atomic mass is 79.9. The molecule has 2 N–H and O–H groups in total. The minimum absolute atomic E-state index is 0.177. The van der Waals surface area contributed by atoms with Crippen LogP contribution >= 0.6 is 15.9 Å². The Kier molecular flexibility index (Phi) is 4.31. The number of rotatable bonds is 4. The summed E-state index contributed by atoms with van der Waals surface area (Å²) in [5.41, 5.74) is 2.70. The molecule has 120 valence electrons. The second-order valence-electron chi connectivity index (χ2n) is 5.85. The molecule has 2 aromatic rings. The van der Waals surface area contributed by atoms with E-state index in [1.165, 1.54) is 0 Å². The second-order valence-corrected chi connectivity index (χ2v) is 6.76. The Hall–Kier alpha value is -2.01. The summed E-state index contributed by atoms with van der Waals surface area (Å²) in [4.78, 5) is 12.3. The van der Waals surface area contributed by atoms with Gasteiger partial charge in [0, 0.05) is 10.2 Å². The van der Waals surface area contributed by atoms with Crippen LogP contribution in [0.4, 0.5) is 10.5 Å². The maximum atomic E-state index is 12.3. The van der Waals surface area contributed by atoms with Gasteiger partial charge in [0.15, 0.2) is 0 Å². The number of hydrogen-bond acceptors (Lipinski definition) is 2. The third-order valence-electron chi connectivity index (χ3n) is 4.18. The molecule has 0 heterocycles. The van der Waals surface area contributed by atoms with Crippen LogP contribution in [0.1, 0.15) is 24.0 Å². The first-order valence-electron chi connectivity index (χ1n) is 7.52. The van der Waals surface area contributed by atoms with E-state index in [-0.39, 0.29) is 11.6 Å². The highest BCUT2D eigenvalue weighted by molar-refractivity contribution is 9.10. The molecule has 3 rings (SSSR count). The molecule has 5 heteroatoms. The van der Waals surface area contributed by atoms with E-state index in [2.05, 4.69) is 26.6 Å². The van der Waals surface area contributed by atoms with Crippen molar-refractivity contribution >= 4 is 27.6 Å². The first-order valence-corrected chi connectivity index (χ1v) is 8.31. The molecule has 0 saturated heterocycles. The topological polar surface area (TPSA) is 50.4 Å². The zero-order valence-corrected chi connectivity index (χ0v) is 14.7. The number of halogens is 1. The lowest BCUT2D eigenvalue weighted by atomic mass is 10.1. The summed E-state index contributed by atoms with van der Waals surface area (Å²) in [6.07, 6.45) is 1.90. The molecule has 1 saturated carbocycles. The minimum Gasteiger partial charge on any atom is -0.497 e. The SMILES string of the molecule is COc1ccc(C2(NC(=O)Nc3ccc(Br)cc3C)CC2)cc1. The molecule has 2 aromatic carbocycles. The fraction of sp³-hybridized carbons (Fsp3) is 0.278. The van der Waals surface area contributed by atoms with Gasteiger partial charge in [-0.3, -0.25) is 0 Å². The second kappa shape index (κ2) is 6.24. The van der Waals surface area contributed by atoms with E-state index in [1.54, 1.807) is 7.11 Å². The van der Waals surface area contributed by atoms with E-state index in [4.69, 9.17) is 4.74 Å². The number of anilines is 1. The molecule has 4 nitrogen and oxygen atoms in total. The summed E-state index contributed by atoms with van der Waals surface area (Å²) in [5.74, 6) is 0.819. The van der Waals surface area contributed by atoms with Gasteiger partial charge in [0.2, 0.25) is 0 Å². The number of carbonyl (C=O) groups is 1. The molecule has 0 radical (unpaired) electrons. The van der Waals surface area contributed by atoms with Gasteiger partial charge in [-0.05, 0) is 61.2 Å². The van der Waals surface area contributed by atoms with Gasteiger partial charge in [0.1, 0.15) is 5.75 Å². The molecule has 1 aliphatic rings. The van der Waals surface area contributed by atoms with Crippen LogP contribution < -0.4 is 15.4 Å². The number of carbonyl (C=O) groups excluding carboxylic acids is 1. The molecule has 0 unspecified atom stereocenters. The fourth-order valence-electron chi connectivity index (χ4n) is 2.66. The van der Waals surface area contributed by atoms with Crippen LogP contribution in [0.5, 0.6) is 5.75 Å². The molecule has 0 bridgehead atoms. The number of ether oxygens (including phenoxy) is 1. The van der Waals surface area contributed by atoms with Crippen LogP contribution in [-0.4, -0.2) is 13.1 Å². The Balaban J connectivity index is 1.69. The third-order valence-corrected chi connectivity index (χ3v) is 4.68. The van der Waals surface area contributed by atoms with Gasteiger partial charge in [-0.15, -0.1) is 0 Å². The van der Waals surface area contributed by atoms with Gasteiger partial charge in [0.25, 0.3) is 0 Å². The van der Waals surface area contributed by atoms with E-state index in [9.17, 15) is 4.79 Å². The van der Waals surface area contributed by atoms with E-state index in [1.807, 2.05) is 49.4 Å². The van der Waals surface area contributed by atoms with Gasteiger partial charge in [-0.1, -0.05) is 28.1 Å². The Morgan fingerprint density at radius 3 is 2.43 bits per heavy atom. The van der Waals surface area contributed by atoms with Crippen LogP contribution in [-0.2, 0) is 5.54 Å². The quantitative estimate of drug-likeness (QED) is 0.822. The number of nitrogens with one attached hydrogen (secondary N) is 2. The summed E-state index contributed by atoms with van der Waals surface area (Å²) >= 11 is 3.43. The Morgan fingerprint density at radius 2 is 1.87 bits per heavy atom. The average molecular weight is 375 g/mol. The van der Waals surface area contributed by atoms with Crippen LogP contribution in [0, 0.1) is 6.92 Å². The van der Waals surface area contributed by atoms with Crippen LogP contribution in [0.25, 0.3) is 0 Å². The van der Waals surface area contributed by atoms with Crippen molar-refractivity contribution in [2.24, 2.45) is 0 Å². The predicted molar refractivity (Wildman–Crippen MR) is 94.9 cm³/mol. The van der Waals surface area contributed by atoms with Crippen molar-refractivity contribution in [1.29, 1.82) is 0 Å². The lowest BCUT2D eigenvalue weighted by molar-refractivity contribution is 0.247. The molecular weight excluding hydrogens is 356 g/mol. The summed E-state index contributed by atoms with van der Waals surface area (Å²) in [6.45, 7) is 1.97. The number of methoxy groups -OCH3 is 1. The van der Waals surface area contributed by atoms with Crippen molar-refractivity contribution in [3.05, 3.63) is 58.1 Å². The van der Waals surface area contributed by atoms with Gasteiger partial charge in [0.05, 0.1) is 12.6 Å². The third kappa shape index (κ3) is 3.50. The number of aryl methyl sites for hydroxylation is 1. The normalized spacial score (nSPS) is 14.9. The van der Waals surface area contributed by atoms with E-state index in [0.29, 0.717) is 0 Å². The van der Waals surface area contributed by atoms with Crippen LogP contribution in [0.2, 0.25) is 0 Å². The van der Waals surface area contributed by atoms with Crippen molar-refractivity contribution in [2.45, 2.75) is 25.3 Å². The predicted octanol–water partition coefficient (Wildman–Crippen LogP) is 4.58. The van der Waals surface area contributed by atoms with E-state index < -0.39 is 0 Å². The molecule has 23 heavy (non-hydrogen) atoms. The smallest absolute Gasteiger partial charge is 0.319 e. The molecule has 1 aliphatic carbocycles. The maximum Gasteiger partial charge on any atom is 0.319 e. The van der Waals surface area contributed by atoms with E-state index in [0.717, 1.165) is 39.9 Å². The fourth-order valence-corrected chi connectivity index (χ4v) is 3.13. The molecular formula is C18H19BrN2O2. The summed E-state index contributed by atoms with van der Waals surface area (Å²) < 4.78 is 6.18. The monoisotopic (exact) mass is 374 g/mol. The lowest BCUT2D eigenvalue weighted by Crippen LogP contribution is -2.38. The zero-order valence-electron chi connectivity index (χ0n) is 13.2. The number of amides is 2. The number of benzene rings is 2. The average Bonchev–Trinajstić information content (AvgIpc) is 3.31. The first-order chi connectivity index (χ1) is 11.0. The zero-order chi connectivity index (χ0) is 16.4. The number of hydrogen-bond donors (Lipinski definition) is 2. The van der Waals surface area contributed by atoms with Crippen molar-refractivity contribution in [3.63, 3.8) is 0 Å². The van der Waals surface area contributed by atoms with Crippen LogP contribution in [0.3, 0.4) is 0 Å². The van der Waals surface area contributed by atoms with Crippen molar-refractivity contribution < 1.29 is 9.53 Å². The Morgan fingerprint density at radius 1 is 1.17 bits per heavy atom. The maximum absolute atomic E-state index is 12.3. The molecule has 2 amide bonds.